The molecule has 0 aliphatic carbocycles. The molecule has 118 valence electrons. The zero-order valence-electron chi connectivity index (χ0n) is 13.2. The molecule has 3 rings (SSSR count). The van der Waals surface area contributed by atoms with Gasteiger partial charge in [-0.2, -0.15) is 0 Å². The van der Waals surface area contributed by atoms with Gasteiger partial charge in [-0.05, 0) is 25.7 Å². The van der Waals surface area contributed by atoms with Crippen molar-refractivity contribution in [1.29, 1.82) is 0 Å². The Kier molecular flexibility index (Phi) is 5.46. The monoisotopic (exact) mass is 316 g/mol. The van der Waals surface area contributed by atoms with Gasteiger partial charge in [0.15, 0.2) is 5.13 Å². The largest absolute Gasteiger partial charge is 0.378 e. The third-order valence-corrected chi connectivity index (χ3v) is 4.97. The third-order valence-electron chi connectivity index (χ3n) is 4.06. The molecule has 2 heterocycles. The van der Waals surface area contributed by atoms with E-state index in [0.29, 0.717) is 6.10 Å². The minimum absolute atomic E-state index is 0.429. The molecule has 0 bridgehead atoms. The summed E-state index contributed by atoms with van der Waals surface area (Å²) in [5.41, 5.74) is 2.28. The second kappa shape index (κ2) is 7.75. The van der Waals surface area contributed by atoms with Crippen LogP contribution in [-0.4, -0.2) is 30.8 Å². The van der Waals surface area contributed by atoms with Crippen LogP contribution in [0.1, 0.15) is 32.6 Å². The van der Waals surface area contributed by atoms with E-state index < -0.39 is 0 Å². The van der Waals surface area contributed by atoms with Gasteiger partial charge in [-0.3, -0.25) is 0 Å². The van der Waals surface area contributed by atoms with Crippen LogP contribution in [0.5, 0.6) is 0 Å². The average Bonchev–Trinajstić information content (AvgIpc) is 2.94. The maximum atomic E-state index is 5.93. The van der Waals surface area contributed by atoms with Crippen LogP contribution in [-0.2, 0) is 4.74 Å². The number of hydrogen-bond acceptors (Lipinski definition) is 4. The van der Waals surface area contributed by atoms with Gasteiger partial charge in [0.05, 0.1) is 11.8 Å². The van der Waals surface area contributed by atoms with Crippen LogP contribution in [0.15, 0.2) is 35.7 Å². The van der Waals surface area contributed by atoms with E-state index in [9.17, 15) is 0 Å². The molecule has 22 heavy (non-hydrogen) atoms. The Bertz CT molecular complexity index is 569. The highest BCUT2D eigenvalue weighted by Crippen LogP contribution is 2.29. The number of rotatable bonds is 5. The number of nitrogens with zero attached hydrogens (tertiary/aromatic N) is 2. The number of benzene rings is 1. The average molecular weight is 316 g/mol. The predicted molar refractivity (Wildman–Crippen MR) is 93.6 cm³/mol. The van der Waals surface area contributed by atoms with Crippen LogP contribution in [0.4, 0.5) is 5.13 Å². The lowest BCUT2D eigenvalue weighted by Gasteiger charge is -2.19. The van der Waals surface area contributed by atoms with Crippen LogP contribution >= 0.6 is 11.3 Å². The second-order valence-electron chi connectivity index (χ2n) is 5.79. The third kappa shape index (κ3) is 3.87. The summed E-state index contributed by atoms with van der Waals surface area (Å²) >= 11 is 1.75. The molecule has 1 fully saturated rings. The van der Waals surface area contributed by atoms with E-state index in [1.165, 1.54) is 18.4 Å². The second-order valence-corrected chi connectivity index (χ2v) is 6.63. The fourth-order valence-electron chi connectivity index (χ4n) is 2.86. The molecule has 3 nitrogen and oxygen atoms in total. The molecule has 0 amide bonds. The molecule has 1 atom stereocenters. The molecule has 0 N–H and O–H groups in total. The summed E-state index contributed by atoms with van der Waals surface area (Å²) in [5, 5.41) is 3.32. The summed E-state index contributed by atoms with van der Waals surface area (Å²) < 4.78 is 5.93. The van der Waals surface area contributed by atoms with Gasteiger partial charge in [0.25, 0.3) is 0 Å². The fraction of sp³-hybridized carbons (Fsp3) is 0.500. The summed E-state index contributed by atoms with van der Waals surface area (Å²) in [7, 11) is 0. The lowest BCUT2D eigenvalue weighted by molar-refractivity contribution is 0.0461. The van der Waals surface area contributed by atoms with E-state index in [0.717, 1.165) is 43.4 Å². The van der Waals surface area contributed by atoms with Crippen LogP contribution in [0.3, 0.4) is 0 Å². The Morgan fingerprint density at radius 1 is 1.23 bits per heavy atom. The lowest BCUT2D eigenvalue weighted by Crippen LogP contribution is -2.24. The van der Waals surface area contributed by atoms with E-state index in [1.807, 2.05) is 6.07 Å². The molecule has 1 unspecified atom stereocenters. The molecule has 1 aliphatic heterocycles. The van der Waals surface area contributed by atoms with E-state index in [2.05, 4.69) is 41.5 Å². The van der Waals surface area contributed by atoms with Gasteiger partial charge in [-0.1, -0.05) is 37.3 Å². The number of ether oxygens (including phenoxy) is 1. The molecule has 0 saturated carbocycles. The first-order chi connectivity index (χ1) is 10.9. The van der Waals surface area contributed by atoms with Crippen molar-refractivity contribution in [2.45, 2.75) is 38.7 Å². The molecule has 1 aliphatic rings. The van der Waals surface area contributed by atoms with Gasteiger partial charge in [0.1, 0.15) is 0 Å². The molecular weight excluding hydrogens is 292 g/mol. The Labute approximate surface area is 137 Å². The number of aromatic nitrogens is 1. The van der Waals surface area contributed by atoms with Crippen LogP contribution in [0.25, 0.3) is 11.3 Å². The first-order valence-corrected chi connectivity index (χ1v) is 9.12. The zero-order valence-corrected chi connectivity index (χ0v) is 14.0. The standard InChI is InChI=1S/C18H24N2OS/c1-2-13-21-16-9-6-11-20(12-10-16)18-19-17(14-22-18)15-7-4-3-5-8-15/h3-5,7-8,14,16H,2,6,9-13H2,1H3. The quantitative estimate of drug-likeness (QED) is 0.806. The van der Waals surface area contributed by atoms with Crippen LogP contribution in [0.2, 0.25) is 0 Å². The van der Waals surface area contributed by atoms with Gasteiger partial charge in [0.2, 0.25) is 0 Å². The summed E-state index contributed by atoms with van der Waals surface area (Å²) in [4.78, 5) is 7.26. The van der Waals surface area contributed by atoms with Crippen molar-refractivity contribution in [3.63, 3.8) is 0 Å². The van der Waals surface area contributed by atoms with Crippen molar-refractivity contribution >= 4 is 16.5 Å². The Morgan fingerprint density at radius 3 is 2.91 bits per heavy atom. The van der Waals surface area contributed by atoms with Crippen molar-refractivity contribution in [2.75, 3.05) is 24.6 Å². The number of anilines is 1. The minimum atomic E-state index is 0.429. The first kappa shape index (κ1) is 15.5. The zero-order chi connectivity index (χ0) is 15.2. The summed E-state index contributed by atoms with van der Waals surface area (Å²) in [6, 6.07) is 10.4. The summed E-state index contributed by atoms with van der Waals surface area (Å²) in [6.07, 6.45) is 5.01. The van der Waals surface area contributed by atoms with Crippen molar-refractivity contribution < 1.29 is 4.74 Å². The smallest absolute Gasteiger partial charge is 0.185 e. The van der Waals surface area contributed by atoms with E-state index in [-0.39, 0.29) is 0 Å². The summed E-state index contributed by atoms with van der Waals surface area (Å²) in [5.74, 6) is 0. The predicted octanol–water partition coefficient (Wildman–Crippen LogP) is 4.60. The molecule has 1 aromatic heterocycles. The molecular formula is C18H24N2OS. The maximum Gasteiger partial charge on any atom is 0.185 e. The van der Waals surface area contributed by atoms with Crippen molar-refractivity contribution in [3.8, 4) is 11.3 Å². The van der Waals surface area contributed by atoms with Gasteiger partial charge in [-0.15, -0.1) is 11.3 Å². The highest BCUT2D eigenvalue weighted by Gasteiger charge is 2.19. The van der Waals surface area contributed by atoms with Crippen LogP contribution in [0, 0.1) is 0 Å². The molecule has 0 radical (unpaired) electrons. The van der Waals surface area contributed by atoms with E-state index in [1.54, 1.807) is 11.3 Å². The van der Waals surface area contributed by atoms with Crippen LogP contribution < -0.4 is 4.90 Å². The molecule has 1 aromatic carbocycles. The summed E-state index contributed by atoms with van der Waals surface area (Å²) in [6.45, 7) is 5.20. The molecule has 2 aromatic rings. The molecule has 1 saturated heterocycles. The van der Waals surface area contributed by atoms with Gasteiger partial charge in [0, 0.05) is 30.6 Å². The van der Waals surface area contributed by atoms with E-state index >= 15 is 0 Å². The SMILES string of the molecule is CCCOC1CCCN(c2nc(-c3ccccc3)cs2)CC1. The first-order valence-electron chi connectivity index (χ1n) is 8.24. The normalized spacial score (nSPS) is 19.1. The van der Waals surface area contributed by atoms with E-state index in [4.69, 9.17) is 9.72 Å². The lowest BCUT2D eigenvalue weighted by atomic mass is 10.2. The highest BCUT2D eigenvalue weighted by atomic mass is 32.1. The van der Waals surface area contributed by atoms with Gasteiger partial charge >= 0.3 is 0 Å². The topological polar surface area (TPSA) is 25.4 Å². The maximum absolute atomic E-state index is 5.93. The fourth-order valence-corrected chi connectivity index (χ4v) is 3.75. The van der Waals surface area contributed by atoms with Gasteiger partial charge in [-0.25, -0.2) is 4.98 Å². The molecule has 0 spiro atoms. The Balaban J connectivity index is 1.64. The minimum Gasteiger partial charge on any atom is -0.378 e. The number of hydrogen-bond donors (Lipinski definition) is 0. The Hall–Kier alpha value is -1.39. The molecule has 4 heteroatoms. The number of thiazole rings is 1. The highest BCUT2D eigenvalue weighted by molar-refractivity contribution is 7.14. The van der Waals surface area contributed by atoms with Crippen molar-refractivity contribution in [2.24, 2.45) is 0 Å². The Morgan fingerprint density at radius 2 is 2.09 bits per heavy atom. The van der Waals surface area contributed by atoms with Gasteiger partial charge < -0.3 is 9.64 Å². The van der Waals surface area contributed by atoms with Crippen molar-refractivity contribution in [1.82, 2.24) is 4.98 Å². The van der Waals surface area contributed by atoms with Crippen molar-refractivity contribution in [3.05, 3.63) is 35.7 Å².